The summed E-state index contributed by atoms with van der Waals surface area (Å²) in [5.41, 5.74) is 10.4. The Morgan fingerprint density at radius 2 is 0.882 bits per heavy atom. The summed E-state index contributed by atoms with van der Waals surface area (Å²) in [7, 11) is 0. The van der Waals surface area contributed by atoms with Gasteiger partial charge in [-0.15, -0.1) is 0 Å². The molecule has 0 saturated carbocycles. The summed E-state index contributed by atoms with van der Waals surface area (Å²) in [6.07, 6.45) is 0. The maximum atomic E-state index is 6.59. The fourth-order valence-corrected chi connectivity index (χ4v) is 6.91. The number of nitrogens with zero attached hydrogens (tertiary/aromatic N) is 4. The summed E-state index contributed by atoms with van der Waals surface area (Å²) in [5, 5.41) is 4.44. The molecular formula is C46H28N4O. The number of hydrogen-bond donors (Lipinski definition) is 0. The molecule has 0 N–H and O–H groups in total. The molecule has 0 spiro atoms. The summed E-state index contributed by atoms with van der Waals surface area (Å²) in [6.45, 7) is 0. The van der Waals surface area contributed by atoms with Gasteiger partial charge in [0.15, 0.2) is 23.1 Å². The maximum absolute atomic E-state index is 6.59. The van der Waals surface area contributed by atoms with E-state index in [0.29, 0.717) is 17.5 Å². The lowest BCUT2D eigenvalue weighted by atomic mass is 9.94. The van der Waals surface area contributed by atoms with Gasteiger partial charge in [0.25, 0.3) is 0 Å². The molecule has 3 heterocycles. The van der Waals surface area contributed by atoms with Crippen LogP contribution in [0.4, 0.5) is 0 Å². The minimum atomic E-state index is 0.617. The summed E-state index contributed by atoms with van der Waals surface area (Å²) in [5.74, 6) is 1.89. The van der Waals surface area contributed by atoms with Gasteiger partial charge in [-0.2, -0.15) is 0 Å². The number of furan rings is 1. The van der Waals surface area contributed by atoms with Crippen molar-refractivity contribution in [3.63, 3.8) is 0 Å². The van der Waals surface area contributed by atoms with Crippen molar-refractivity contribution in [3.05, 3.63) is 170 Å². The number of benzene rings is 7. The van der Waals surface area contributed by atoms with Crippen molar-refractivity contribution in [2.75, 3.05) is 0 Å². The molecule has 5 heteroatoms. The highest BCUT2D eigenvalue weighted by atomic mass is 16.3. The van der Waals surface area contributed by atoms with Gasteiger partial charge >= 0.3 is 0 Å². The van der Waals surface area contributed by atoms with Crippen LogP contribution < -0.4 is 0 Å². The Balaban J connectivity index is 1.15. The highest BCUT2D eigenvalue weighted by molar-refractivity contribution is 6.14. The quantitative estimate of drug-likeness (QED) is 0.185. The molecule has 0 aliphatic carbocycles. The van der Waals surface area contributed by atoms with E-state index in [1.54, 1.807) is 0 Å². The van der Waals surface area contributed by atoms with E-state index in [1.807, 2.05) is 78.9 Å². The molecule has 0 unspecified atom stereocenters. The van der Waals surface area contributed by atoms with Crippen LogP contribution in [0.5, 0.6) is 0 Å². The van der Waals surface area contributed by atoms with Crippen LogP contribution in [0.15, 0.2) is 174 Å². The predicted molar refractivity (Wildman–Crippen MR) is 207 cm³/mol. The SMILES string of the molecule is c1ccc(-c2nc(-c3ccccc3)nc(-c3ccc(-c4cc(-c5ccc6ccccc6c5)cc5oc6cc7ccccc7nc6c45)cc3)n2)cc1. The first kappa shape index (κ1) is 29.0. The Kier molecular flexibility index (Phi) is 6.74. The molecule has 3 aromatic heterocycles. The standard InChI is InChI=1S/C46H28N4O/c1-3-12-31(13-4-1)44-48-45(32-14-5-2-6-15-32)50-46(49-44)33-22-20-30(21-23-33)38-26-37(35-24-19-29-11-7-8-16-34(29)25-35)28-40-42(38)43-41(51-40)27-36-17-9-10-18-39(36)47-43/h1-28H. The van der Waals surface area contributed by atoms with Gasteiger partial charge in [0.05, 0.1) is 10.9 Å². The number of para-hydroxylation sites is 1. The molecule has 0 aliphatic rings. The first-order valence-electron chi connectivity index (χ1n) is 17.0. The molecule has 0 amide bonds. The van der Waals surface area contributed by atoms with E-state index in [-0.39, 0.29) is 0 Å². The first-order valence-corrected chi connectivity index (χ1v) is 17.0. The molecule has 0 aliphatic heterocycles. The van der Waals surface area contributed by atoms with Gasteiger partial charge in [0.1, 0.15) is 11.1 Å². The van der Waals surface area contributed by atoms with Gasteiger partial charge in [0, 0.05) is 22.1 Å². The van der Waals surface area contributed by atoms with E-state index in [4.69, 9.17) is 24.4 Å². The second-order valence-electron chi connectivity index (χ2n) is 12.7. The van der Waals surface area contributed by atoms with Gasteiger partial charge in [-0.3, -0.25) is 0 Å². The van der Waals surface area contributed by atoms with Crippen LogP contribution in [0, 0.1) is 0 Å². The first-order chi connectivity index (χ1) is 25.2. The fourth-order valence-electron chi connectivity index (χ4n) is 6.91. The molecule has 10 rings (SSSR count). The molecule has 0 bridgehead atoms. The Labute approximate surface area is 293 Å². The molecule has 5 nitrogen and oxygen atoms in total. The number of pyridine rings is 1. The molecule has 0 atom stereocenters. The smallest absolute Gasteiger partial charge is 0.164 e. The third-order valence-corrected chi connectivity index (χ3v) is 9.48. The molecule has 238 valence electrons. The summed E-state index contributed by atoms with van der Waals surface area (Å²) < 4.78 is 6.59. The van der Waals surface area contributed by atoms with Crippen molar-refractivity contribution in [1.29, 1.82) is 0 Å². The van der Waals surface area contributed by atoms with Crippen LogP contribution in [-0.2, 0) is 0 Å². The van der Waals surface area contributed by atoms with Crippen LogP contribution in [0.2, 0.25) is 0 Å². The highest BCUT2D eigenvalue weighted by Crippen LogP contribution is 2.41. The van der Waals surface area contributed by atoms with Crippen molar-refractivity contribution in [2.45, 2.75) is 0 Å². The third kappa shape index (κ3) is 5.20. The molecule has 0 saturated heterocycles. The second kappa shape index (κ2) is 11.9. The van der Waals surface area contributed by atoms with Crippen molar-refractivity contribution in [3.8, 4) is 56.4 Å². The van der Waals surface area contributed by atoms with Crippen LogP contribution in [0.3, 0.4) is 0 Å². The van der Waals surface area contributed by atoms with Gasteiger partial charge < -0.3 is 4.42 Å². The zero-order valence-electron chi connectivity index (χ0n) is 27.4. The third-order valence-electron chi connectivity index (χ3n) is 9.48. The number of rotatable bonds is 5. The van der Waals surface area contributed by atoms with Crippen molar-refractivity contribution in [2.24, 2.45) is 0 Å². The van der Waals surface area contributed by atoms with E-state index in [1.165, 1.54) is 10.8 Å². The maximum Gasteiger partial charge on any atom is 0.164 e. The average molecular weight is 653 g/mol. The molecule has 0 fully saturated rings. The molecule has 7 aromatic carbocycles. The Hall–Kier alpha value is -6.98. The van der Waals surface area contributed by atoms with Crippen LogP contribution >= 0.6 is 0 Å². The highest BCUT2D eigenvalue weighted by Gasteiger charge is 2.18. The van der Waals surface area contributed by atoms with Crippen LogP contribution in [0.25, 0.3) is 100 Å². The van der Waals surface area contributed by atoms with Gasteiger partial charge in [0.2, 0.25) is 0 Å². The van der Waals surface area contributed by atoms with E-state index in [9.17, 15) is 0 Å². The minimum absolute atomic E-state index is 0.617. The number of aromatic nitrogens is 4. The lowest BCUT2D eigenvalue weighted by Crippen LogP contribution is -2.00. The monoisotopic (exact) mass is 652 g/mol. The Morgan fingerprint density at radius 3 is 1.57 bits per heavy atom. The number of fused-ring (bicyclic) bond motifs is 5. The fraction of sp³-hybridized carbons (Fsp3) is 0. The van der Waals surface area contributed by atoms with E-state index >= 15 is 0 Å². The average Bonchev–Trinajstić information content (AvgIpc) is 3.57. The van der Waals surface area contributed by atoms with Gasteiger partial charge in [-0.1, -0.05) is 140 Å². The van der Waals surface area contributed by atoms with Crippen LogP contribution in [0.1, 0.15) is 0 Å². The predicted octanol–water partition coefficient (Wildman–Crippen LogP) is 11.8. The van der Waals surface area contributed by atoms with Gasteiger partial charge in [-0.25, -0.2) is 19.9 Å². The molecule has 10 aromatic rings. The van der Waals surface area contributed by atoms with Crippen molar-refractivity contribution < 1.29 is 4.42 Å². The summed E-state index contributed by atoms with van der Waals surface area (Å²) in [4.78, 5) is 19.9. The van der Waals surface area contributed by atoms with E-state index < -0.39 is 0 Å². The minimum Gasteiger partial charge on any atom is -0.454 e. The lowest BCUT2D eigenvalue weighted by Gasteiger charge is -2.11. The Bertz CT molecular complexity index is 2840. The van der Waals surface area contributed by atoms with Gasteiger partial charge in [-0.05, 0) is 63.4 Å². The summed E-state index contributed by atoms with van der Waals surface area (Å²) in [6, 6.07) is 58.3. The zero-order chi connectivity index (χ0) is 33.7. The summed E-state index contributed by atoms with van der Waals surface area (Å²) >= 11 is 0. The van der Waals surface area contributed by atoms with E-state index in [0.717, 1.165) is 71.9 Å². The normalized spacial score (nSPS) is 11.5. The van der Waals surface area contributed by atoms with Crippen molar-refractivity contribution >= 4 is 43.7 Å². The van der Waals surface area contributed by atoms with Crippen LogP contribution in [-0.4, -0.2) is 19.9 Å². The number of hydrogen-bond acceptors (Lipinski definition) is 5. The topological polar surface area (TPSA) is 64.7 Å². The molecule has 51 heavy (non-hydrogen) atoms. The molecular weight excluding hydrogens is 625 g/mol. The second-order valence-corrected chi connectivity index (χ2v) is 12.7. The van der Waals surface area contributed by atoms with E-state index in [2.05, 4.69) is 91.0 Å². The lowest BCUT2D eigenvalue weighted by molar-refractivity contribution is 0.669. The largest absolute Gasteiger partial charge is 0.454 e. The zero-order valence-corrected chi connectivity index (χ0v) is 27.4. The molecule has 0 radical (unpaired) electrons. The Morgan fingerprint density at radius 1 is 0.333 bits per heavy atom. The van der Waals surface area contributed by atoms with Crippen molar-refractivity contribution in [1.82, 2.24) is 19.9 Å².